The molecule has 0 saturated carbocycles. The van der Waals surface area contributed by atoms with Crippen molar-refractivity contribution in [3.05, 3.63) is 123 Å². The normalized spacial score (nSPS) is 14.9. The summed E-state index contributed by atoms with van der Waals surface area (Å²) in [6.45, 7) is -0.470. The summed E-state index contributed by atoms with van der Waals surface area (Å²) in [6.07, 6.45) is -8.98. The van der Waals surface area contributed by atoms with Gasteiger partial charge in [-0.2, -0.15) is 31.4 Å². The van der Waals surface area contributed by atoms with Crippen molar-refractivity contribution in [1.82, 2.24) is 24.6 Å². The van der Waals surface area contributed by atoms with Gasteiger partial charge in [-0.05, 0) is 60.2 Å². The molecule has 0 aliphatic carbocycles. The number of nitrogens with two attached hydrogens (primary N) is 1. The number of oxazole rings is 1. The average Bonchev–Trinajstić information content (AvgIpc) is 3.74. The number of carbonyl (C=O) groups is 2. The van der Waals surface area contributed by atoms with Crippen LogP contribution in [-0.2, 0) is 12.4 Å². The van der Waals surface area contributed by atoms with Gasteiger partial charge in [-0.15, -0.1) is 0 Å². The molecular weight excluding hydrogens is 736 g/mol. The van der Waals surface area contributed by atoms with Crippen molar-refractivity contribution in [2.45, 2.75) is 31.2 Å². The minimum atomic E-state index is -5.12. The second-order valence-electron chi connectivity index (χ2n) is 12.3. The molecule has 4 heterocycles. The van der Waals surface area contributed by atoms with Gasteiger partial charge < -0.3 is 19.8 Å². The molecule has 1 aliphatic rings. The Bertz CT molecular complexity index is 2480. The zero-order valence-electron chi connectivity index (χ0n) is 27.2. The summed E-state index contributed by atoms with van der Waals surface area (Å²) < 4.78 is 122. The molecule has 0 radical (unpaired) electrons. The van der Waals surface area contributed by atoms with Crippen molar-refractivity contribution in [2.24, 2.45) is 5.73 Å². The molecule has 3 aromatic carbocycles. The minimum Gasteiger partial charge on any atom is -0.457 e. The van der Waals surface area contributed by atoms with Gasteiger partial charge >= 0.3 is 18.1 Å². The van der Waals surface area contributed by atoms with E-state index in [0.717, 1.165) is 9.47 Å². The smallest absolute Gasteiger partial charge is 0.425 e. The number of pyridine rings is 1. The monoisotopic (exact) mass is 758 g/mol. The maximum absolute atomic E-state index is 14.5. The molecule has 3 aromatic heterocycles. The van der Waals surface area contributed by atoms with Crippen LogP contribution in [0.4, 0.5) is 35.1 Å². The van der Waals surface area contributed by atoms with Gasteiger partial charge in [0.1, 0.15) is 28.7 Å². The lowest BCUT2D eigenvalue weighted by molar-refractivity contribution is -0.143. The Morgan fingerprint density at radius 3 is 2.19 bits per heavy atom. The number of fused-ring (bicyclic) bond motifs is 2. The van der Waals surface area contributed by atoms with Gasteiger partial charge in [0, 0.05) is 29.8 Å². The van der Waals surface area contributed by atoms with E-state index in [-0.39, 0.29) is 62.4 Å². The second kappa shape index (κ2) is 12.6. The summed E-state index contributed by atoms with van der Waals surface area (Å²) >= 11 is 0. The first kappa shape index (κ1) is 35.9. The number of primary amides is 1. The van der Waals surface area contributed by atoms with Gasteiger partial charge in [-0.25, -0.2) is 23.1 Å². The number of H-pyrrole nitrogens is 1. The summed E-state index contributed by atoms with van der Waals surface area (Å²) in [4.78, 5) is 43.6. The number of aromatic amines is 1. The molecule has 19 heteroatoms. The Kier molecular flexibility index (Phi) is 8.34. The highest BCUT2D eigenvalue weighted by atomic mass is 19.4. The number of rotatable bonds is 8. The third kappa shape index (κ3) is 6.52. The highest BCUT2D eigenvalue weighted by Crippen LogP contribution is 2.46. The SMILES string of the molecule is CC(F)(F)CN1C(=O)c2[nH]nc(-c3cccc4c3oc(=O)n4-c3cc(C(N)=O)ccn3)c2C1c1ccc(Oc2cc(C(F)(F)F)cc(C(F)(F)F)c2)cc1. The molecule has 6 aromatic rings. The van der Waals surface area contributed by atoms with E-state index in [4.69, 9.17) is 14.9 Å². The van der Waals surface area contributed by atoms with Crippen molar-refractivity contribution >= 4 is 22.9 Å². The maximum Gasteiger partial charge on any atom is 0.425 e. The topological polar surface area (TPSA) is 149 Å². The number of carbonyl (C=O) groups excluding carboxylic acids is 2. The van der Waals surface area contributed by atoms with E-state index in [1.165, 1.54) is 60.8 Å². The lowest BCUT2D eigenvalue weighted by Gasteiger charge is -2.28. The first-order valence-corrected chi connectivity index (χ1v) is 15.6. The number of nitrogens with one attached hydrogen (secondary N) is 1. The zero-order valence-corrected chi connectivity index (χ0v) is 27.2. The minimum absolute atomic E-state index is 0.00839. The van der Waals surface area contributed by atoms with Crippen LogP contribution >= 0.6 is 0 Å². The number of ether oxygens (including phenoxy) is 1. The van der Waals surface area contributed by atoms with Gasteiger partial charge in [0.15, 0.2) is 5.58 Å². The van der Waals surface area contributed by atoms with Crippen LogP contribution in [-0.4, -0.2) is 48.9 Å². The first-order valence-electron chi connectivity index (χ1n) is 15.6. The Morgan fingerprint density at radius 1 is 0.907 bits per heavy atom. The van der Waals surface area contributed by atoms with E-state index in [9.17, 15) is 49.5 Å². The number of nitrogens with zero attached hydrogens (tertiary/aromatic N) is 4. The van der Waals surface area contributed by atoms with E-state index < -0.39 is 65.3 Å². The van der Waals surface area contributed by atoms with Crippen molar-refractivity contribution in [3.8, 4) is 28.6 Å². The molecular formula is C35H22F8N6O5. The molecule has 11 nitrogen and oxygen atoms in total. The Morgan fingerprint density at radius 2 is 1.57 bits per heavy atom. The van der Waals surface area contributed by atoms with E-state index >= 15 is 0 Å². The highest BCUT2D eigenvalue weighted by Gasteiger charge is 2.46. The molecule has 3 N–H and O–H groups in total. The van der Waals surface area contributed by atoms with E-state index in [1.54, 1.807) is 0 Å². The maximum atomic E-state index is 14.5. The van der Waals surface area contributed by atoms with E-state index in [2.05, 4.69) is 15.2 Å². The molecule has 1 atom stereocenters. The van der Waals surface area contributed by atoms with Crippen molar-refractivity contribution in [2.75, 3.05) is 6.54 Å². The largest absolute Gasteiger partial charge is 0.457 e. The summed E-state index contributed by atoms with van der Waals surface area (Å²) in [6, 6.07) is 11.6. The number of halogens is 8. The average molecular weight is 759 g/mol. The number of para-hydroxylation sites is 1. The van der Waals surface area contributed by atoms with Crippen LogP contribution in [0.5, 0.6) is 11.5 Å². The fourth-order valence-corrected chi connectivity index (χ4v) is 6.19. The number of hydrogen-bond donors (Lipinski definition) is 2. The lowest BCUT2D eigenvalue weighted by atomic mass is 9.95. The van der Waals surface area contributed by atoms with Crippen LogP contribution in [0.25, 0.3) is 28.2 Å². The molecule has 54 heavy (non-hydrogen) atoms. The van der Waals surface area contributed by atoms with Crippen molar-refractivity contribution in [1.29, 1.82) is 0 Å². The highest BCUT2D eigenvalue weighted by molar-refractivity contribution is 6.02. The van der Waals surface area contributed by atoms with Crippen LogP contribution in [0.3, 0.4) is 0 Å². The van der Waals surface area contributed by atoms with Gasteiger partial charge in [0.2, 0.25) is 5.91 Å². The number of aromatic nitrogens is 4. The van der Waals surface area contributed by atoms with Crippen LogP contribution in [0.2, 0.25) is 0 Å². The summed E-state index contributed by atoms with van der Waals surface area (Å²) in [5.41, 5.74) is 2.64. The molecule has 0 bridgehead atoms. The number of benzene rings is 3. The lowest BCUT2D eigenvalue weighted by Crippen LogP contribution is -2.38. The summed E-state index contributed by atoms with van der Waals surface area (Å²) in [5.74, 6) is -6.95. The molecule has 0 fully saturated rings. The molecule has 1 aliphatic heterocycles. The Labute approximate surface area is 296 Å². The predicted octanol–water partition coefficient (Wildman–Crippen LogP) is 7.50. The second-order valence-corrected chi connectivity index (χ2v) is 12.3. The Hall–Kier alpha value is -6.53. The van der Waals surface area contributed by atoms with Gasteiger partial charge in [0.05, 0.1) is 29.2 Å². The first-order chi connectivity index (χ1) is 25.3. The molecule has 7 rings (SSSR count). The third-order valence-corrected chi connectivity index (χ3v) is 8.43. The standard InChI is InChI=1S/C35H22F8N6O5/c1-33(36,37)15-48-28(16-5-7-20(8-6-16)53-21-13-18(34(38,39)40)12-19(14-21)35(41,42)43)25-26(46-47-27(25)31(48)51)22-3-2-4-23-29(22)54-32(52)49(23)24-11-17(30(44)50)9-10-45-24/h2-14,28H,15H2,1H3,(H2,44,50)(H,46,47). The van der Waals surface area contributed by atoms with Gasteiger partial charge in [-0.3, -0.25) is 14.7 Å². The number of hydrogen-bond acceptors (Lipinski definition) is 7. The van der Waals surface area contributed by atoms with Crippen molar-refractivity contribution < 1.29 is 53.9 Å². The van der Waals surface area contributed by atoms with E-state index in [1.807, 2.05) is 0 Å². The van der Waals surface area contributed by atoms with Crippen LogP contribution in [0.15, 0.2) is 88.2 Å². The van der Waals surface area contributed by atoms with Crippen molar-refractivity contribution in [3.63, 3.8) is 0 Å². The molecule has 278 valence electrons. The predicted molar refractivity (Wildman–Crippen MR) is 172 cm³/mol. The van der Waals surface area contributed by atoms with Crippen LogP contribution in [0, 0.1) is 0 Å². The molecule has 2 amide bonds. The Balaban J connectivity index is 1.31. The molecule has 1 unspecified atom stereocenters. The fraction of sp³-hybridized carbons (Fsp3) is 0.171. The van der Waals surface area contributed by atoms with Gasteiger partial charge in [-0.1, -0.05) is 18.2 Å². The molecule has 0 spiro atoms. The third-order valence-electron chi connectivity index (χ3n) is 8.43. The van der Waals surface area contributed by atoms with Gasteiger partial charge in [0.25, 0.3) is 11.8 Å². The summed E-state index contributed by atoms with van der Waals surface area (Å²) in [5, 5.41) is 6.86. The number of amides is 2. The summed E-state index contributed by atoms with van der Waals surface area (Å²) in [7, 11) is 0. The fourth-order valence-electron chi connectivity index (χ4n) is 6.19. The van der Waals surface area contributed by atoms with E-state index in [0.29, 0.717) is 19.1 Å². The molecule has 0 saturated heterocycles. The number of alkyl halides is 8. The van der Waals surface area contributed by atoms with Crippen LogP contribution in [0.1, 0.15) is 56.1 Å². The van der Waals surface area contributed by atoms with Crippen LogP contribution < -0.4 is 16.2 Å². The zero-order chi connectivity index (χ0) is 38.9. The quantitative estimate of drug-likeness (QED) is 0.153.